The highest BCUT2D eigenvalue weighted by molar-refractivity contribution is 8.56. The van der Waals surface area contributed by atoms with Crippen molar-refractivity contribution in [2.75, 3.05) is 0 Å². The summed E-state index contributed by atoms with van der Waals surface area (Å²) in [5.41, 5.74) is 10.7. The maximum absolute atomic E-state index is 2.54. The Morgan fingerprint density at radius 1 is 0.512 bits per heavy atom. The zero-order chi connectivity index (χ0) is 26.7. The highest BCUT2D eigenvalue weighted by Crippen LogP contribution is 2.51. The molecule has 0 N–H and O–H groups in total. The summed E-state index contributed by atoms with van der Waals surface area (Å²) in [4.78, 5) is 2.74. The number of fused-ring (bicyclic) bond motifs is 11. The van der Waals surface area contributed by atoms with Crippen molar-refractivity contribution in [2.24, 2.45) is 0 Å². The van der Waals surface area contributed by atoms with Gasteiger partial charge in [0.05, 0.1) is 15.7 Å². The zero-order valence-corrected chi connectivity index (χ0v) is 24.2. The zero-order valence-electron chi connectivity index (χ0n) is 21.8. The molecule has 2 aromatic heterocycles. The second-order valence-corrected chi connectivity index (χ2v) is 14.4. The van der Waals surface area contributed by atoms with Crippen molar-refractivity contribution >= 4 is 87.3 Å². The largest absolute Gasteiger partial charge is 0.318 e. The molecule has 190 valence electrons. The molecule has 0 saturated carbocycles. The third-order valence-corrected chi connectivity index (χ3v) is 12.6. The van der Waals surface area contributed by atoms with E-state index in [1.54, 1.807) is 0 Å². The van der Waals surface area contributed by atoms with Crippen molar-refractivity contribution in [3.8, 4) is 27.9 Å². The number of benzene rings is 6. The monoisotopic (exact) mass is 573 g/mol. The minimum Gasteiger partial charge on any atom is -0.308 e. The SMILES string of the molecule is c1ccc2c(c1)SB1Sc3ccccc3-c3cc(-n4c5ccccc5c5ccc6c7ccccc7sc6c54)cc-2c31. The predicted octanol–water partition coefficient (Wildman–Crippen LogP) is 10.4. The molecule has 1 nitrogen and oxygen atoms in total. The van der Waals surface area contributed by atoms with E-state index in [4.69, 9.17) is 0 Å². The molecule has 0 amide bonds. The number of para-hydroxylation sites is 1. The molecular formula is C36H20BNS3. The number of aromatic nitrogens is 1. The molecule has 0 saturated heterocycles. The second-order valence-electron chi connectivity index (χ2n) is 10.8. The Hall–Kier alpha value is -3.90. The Kier molecular flexibility index (Phi) is 4.62. The number of thiophene rings is 1. The van der Waals surface area contributed by atoms with Crippen molar-refractivity contribution in [3.63, 3.8) is 0 Å². The van der Waals surface area contributed by atoms with Crippen molar-refractivity contribution in [3.05, 3.63) is 121 Å². The van der Waals surface area contributed by atoms with Gasteiger partial charge in [-0.1, -0.05) is 84.9 Å². The van der Waals surface area contributed by atoms with E-state index in [-0.39, 0.29) is 0 Å². The molecule has 0 bridgehead atoms. The van der Waals surface area contributed by atoms with Crippen LogP contribution in [0.2, 0.25) is 0 Å². The second kappa shape index (κ2) is 8.33. The van der Waals surface area contributed by atoms with Gasteiger partial charge in [0, 0.05) is 41.7 Å². The summed E-state index contributed by atoms with van der Waals surface area (Å²) in [6.45, 7) is 0. The summed E-state index contributed by atoms with van der Waals surface area (Å²) in [5, 5.41) is 5.65. The Bertz CT molecular complexity index is 2330. The molecule has 0 fully saturated rings. The number of hydrogen-bond donors (Lipinski definition) is 0. The standard InChI is InChI=1S/C36H20BNS3/c1-5-13-30-22(9-1)26-17-18-27-23-10-2-6-14-31(23)39-36(27)35(26)38(30)21-19-28-24-11-3-7-15-32(24)40-37-34(28)29(20-21)25-12-4-8-16-33(25)41-37/h1-20H. The number of rotatable bonds is 1. The Balaban J connectivity index is 1.39. The van der Waals surface area contributed by atoms with Gasteiger partial charge in [0.25, 0.3) is 0 Å². The van der Waals surface area contributed by atoms with E-state index in [0.29, 0.717) is 5.27 Å². The Morgan fingerprint density at radius 3 is 1.88 bits per heavy atom. The van der Waals surface area contributed by atoms with Crippen molar-refractivity contribution < 1.29 is 0 Å². The van der Waals surface area contributed by atoms with Crippen molar-refractivity contribution in [1.82, 2.24) is 4.57 Å². The lowest BCUT2D eigenvalue weighted by atomic mass is 9.77. The smallest absolute Gasteiger partial charge is 0.308 e. The van der Waals surface area contributed by atoms with Gasteiger partial charge >= 0.3 is 5.27 Å². The van der Waals surface area contributed by atoms with Gasteiger partial charge in [0.1, 0.15) is 0 Å². The normalized spacial score (nSPS) is 13.6. The summed E-state index contributed by atoms with van der Waals surface area (Å²) >= 11 is 5.91. The molecule has 10 rings (SSSR count). The Morgan fingerprint density at radius 2 is 1.12 bits per heavy atom. The van der Waals surface area contributed by atoms with Crippen LogP contribution in [0.25, 0.3) is 69.9 Å². The third kappa shape index (κ3) is 3.06. The molecule has 0 aliphatic carbocycles. The summed E-state index contributed by atoms with van der Waals surface area (Å²) in [6, 6.07) is 45.3. The van der Waals surface area contributed by atoms with Crippen LogP contribution >= 0.6 is 34.6 Å². The lowest BCUT2D eigenvalue weighted by Gasteiger charge is -2.32. The van der Waals surface area contributed by atoms with Gasteiger partial charge in [-0.2, -0.15) is 23.2 Å². The van der Waals surface area contributed by atoms with Crippen LogP contribution < -0.4 is 5.46 Å². The van der Waals surface area contributed by atoms with Gasteiger partial charge in [-0.25, -0.2) is 0 Å². The first kappa shape index (κ1) is 22.8. The van der Waals surface area contributed by atoms with Crippen molar-refractivity contribution in [1.29, 1.82) is 0 Å². The molecule has 4 heterocycles. The molecule has 8 aromatic rings. The van der Waals surface area contributed by atoms with Crippen LogP contribution in [0.3, 0.4) is 0 Å². The van der Waals surface area contributed by atoms with E-state index in [0.717, 1.165) is 0 Å². The number of nitrogens with zero attached hydrogens (tertiary/aromatic N) is 1. The molecule has 0 atom stereocenters. The molecule has 5 heteroatoms. The van der Waals surface area contributed by atoms with Crippen molar-refractivity contribution in [2.45, 2.75) is 9.79 Å². The Labute approximate surface area is 249 Å². The molecule has 0 radical (unpaired) electrons. The van der Waals surface area contributed by atoms with E-state index in [1.807, 2.05) is 34.6 Å². The van der Waals surface area contributed by atoms with Gasteiger partial charge in [-0.15, -0.1) is 11.3 Å². The molecule has 2 aliphatic rings. The van der Waals surface area contributed by atoms with Crippen LogP contribution in [0.1, 0.15) is 0 Å². The van der Waals surface area contributed by atoms with Crippen LogP contribution in [0.15, 0.2) is 131 Å². The average molecular weight is 574 g/mol. The van der Waals surface area contributed by atoms with Crippen LogP contribution in [0.4, 0.5) is 0 Å². The number of hydrogen-bond acceptors (Lipinski definition) is 3. The maximum atomic E-state index is 2.54. The van der Waals surface area contributed by atoms with E-state index >= 15 is 0 Å². The van der Waals surface area contributed by atoms with Crippen LogP contribution in [-0.2, 0) is 0 Å². The minimum absolute atomic E-state index is 0.353. The molecule has 0 unspecified atom stereocenters. The quantitative estimate of drug-likeness (QED) is 0.180. The van der Waals surface area contributed by atoms with E-state index < -0.39 is 0 Å². The van der Waals surface area contributed by atoms with Gasteiger partial charge < -0.3 is 4.57 Å². The summed E-state index contributed by atoms with van der Waals surface area (Å²) in [6.07, 6.45) is 0. The predicted molar refractivity (Wildman–Crippen MR) is 182 cm³/mol. The summed E-state index contributed by atoms with van der Waals surface area (Å²) < 4.78 is 5.24. The summed E-state index contributed by atoms with van der Waals surface area (Å²) in [5.74, 6) is 0. The van der Waals surface area contributed by atoms with Gasteiger partial charge in [0.15, 0.2) is 0 Å². The summed E-state index contributed by atoms with van der Waals surface area (Å²) in [7, 11) is 0. The van der Waals surface area contributed by atoms with Crippen LogP contribution in [0.5, 0.6) is 0 Å². The fraction of sp³-hybridized carbons (Fsp3) is 0. The van der Waals surface area contributed by atoms with Gasteiger partial charge in [-0.05, 0) is 64.1 Å². The first-order chi connectivity index (χ1) is 20.3. The fourth-order valence-electron chi connectivity index (χ4n) is 6.92. The lowest BCUT2D eigenvalue weighted by Crippen LogP contribution is -2.33. The topological polar surface area (TPSA) is 4.93 Å². The van der Waals surface area contributed by atoms with E-state index in [1.165, 1.54) is 85.2 Å². The third-order valence-electron chi connectivity index (χ3n) is 8.66. The maximum Gasteiger partial charge on any atom is 0.318 e. The minimum atomic E-state index is 0.353. The fourth-order valence-corrected chi connectivity index (χ4v) is 11.1. The molecule has 2 aliphatic heterocycles. The van der Waals surface area contributed by atoms with E-state index in [9.17, 15) is 0 Å². The van der Waals surface area contributed by atoms with Gasteiger partial charge in [0.2, 0.25) is 0 Å². The van der Waals surface area contributed by atoms with E-state index in [2.05, 4.69) is 126 Å². The highest BCUT2D eigenvalue weighted by atomic mass is 32.2. The molecule has 0 spiro atoms. The van der Waals surface area contributed by atoms with Gasteiger partial charge in [-0.3, -0.25) is 0 Å². The molecule has 6 aromatic carbocycles. The lowest BCUT2D eigenvalue weighted by molar-refractivity contribution is 1.19. The highest BCUT2D eigenvalue weighted by Gasteiger charge is 2.37. The molecular weight excluding hydrogens is 553 g/mol. The first-order valence-corrected chi connectivity index (χ1v) is 16.4. The van der Waals surface area contributed by atoms with Crippen LogP contribution in [-0.4, -0.2) is 9.84 Å². The first-order valence-electron chi connectivity index (χ1n) is 13.9. The average Bonchev–Trinajstić information content (AvgIpc) is 3.57. The van der Waals surface area contributed by atoms with Crippen LogP contribution in [0, 0.1) is 0 Å². The molecule has 41 heavy (non-hydrogen) atoms.